The summed E-state index contributed by atoms with van der Waals surface area (Å²) in [5.74, 6) is 0.716. The van der Waals surface area contributed by atoms with Gasteiger partial charge >= 0.3 is 0 Å². The van der Waals surface area contributed by atoms with E-state index in [-0.39, 0.29) is 18.3 Å². The zero-order valence-corrected chi connectivity index (χ0v) is 12.2. The van der Waals surface area contributed by atoms with E-state index in [0.717, 1.165) is 11.1 Å². The molecule has 22 heavy (non-hydrogen) atoms. The Morgan fingerprint density at radius 1 is 1.27 bits per heavy atom. The van der Waals surface area contributed by atoms with E-state index < -0.39 is 4.92 Å². The summed E-state index contributed by atoms with van der Waals surface area (Å²) in [4.78, 5) is 10.3. The van der Waals surface area contributed by atoms with E-state index in [1.165, 1.54) is 12.1 Å². The number of non-ortho nitro benzene ring substituents is 1. The second-order valence-electron chi connectivity index (χ2n) is 4.82. The lowest BCUT2D eigenvalue weighted by Crippen LogP contribution is -2.24. The van der Waals surface area contributed by atoms with Crippen molar-refractivity contribution in [2.75, 3.05) is 13.7 Å². The Labute approximate surface area is 128 Å². The summed E-state index contributed by atoms with van der Waals surface area (Å²) < 4.78 is 5.17. The molecule has 0 radical (unpaired) electrons. The van der Waals surface area contributed by atoms with Crippen LogP contribution < -0.4 is 10.1 Å². The van der Waals surface area contributed by atoms with E-state index in [4.69, 9.17) is 4.74 Å². The minimum Gasteiger partial charge on any atom is -0.497 e. The van der Waals surface area contributed by atoms with E-state index >= 15 is 0 Å². The SMILES string of the molecule is COc1cccc(C(CO)NCc2cccc([N+](=O)[O-])c2)c1. The molecule has 0 bridgehead atoms. The molecule has 1 atom stereocenters. The normalized spacial score (nSPS) is 11.9. The summed E-state index contributed by atoms with van der Waals surface area (Å²) >= 11 is 0. The van der Waals surface area contributed by atoms with Crippen LogP contribution in [0.2, 0.25) is 0 Å². The molecule has 2 N–H and O–H groups in total. The highest BCUT2D eigenvalue weighted by Crippen LogP contribution is 2.20. The third kappa shape index (κ3) is 4.03. The van der Waals surface area contributed by atoms with Gasteiger partial charge in [0.05, 0.1) is 24.7 Å². The number of nitro groups is 1. The molecule has 2 aromatic rings. The van der Waals surface area contributed by atoms with Crippen LogP contribution >= 0.6 is 0 Å². The molecule has 1 unspecified atom stereocenters. The van der Waals surface area contributed by atoms with Crippen LogP contribution in [0.1, 0.15) is 17.2 Å². The Kier molecular flexibility index (Phi) is 5.46. The minimum absolute atomic E-state index is 0.0567. The van der Waals surface area contributed by atoms with E-state index in [0.29, 0.717) is 12.3 Å². The number of nitro benzene ring substituents is 1. The number of methoxy groups -OCH3 is 1. The molecule has 0 heterocycles. The fraction of sp³-hybridized carbons (Fsp3) is 0.250. The zero-order valence-electron chi connectivity index (χ0n) is 12.2. The van der Waals surface area contributed by atoms with Crippen molar-refractivity contribution >= 4 is 5.69 Å². The lowest BCUT2D eigenvalue weighted by molar-refractivity contribution is -0.384. The number of benzene rings is 2. The number of aliphatic hydroxyl groups excluding tert-OH is 1. The van der Waals surface area contributed by atoms with Gasteiger partial charge in [-0.1, -0.05) is 24.3 Å². The van der Waals surface area contributed by atoms with Crippen LogP contribution in [0.15, 0.2) is 48.5 Å². The number of hydrogen-bond donors (Lipinski definition) is 2. The minimum atomic E-state index is -0.422. The molecule has 0 fully saturated rings. The molecule has 0 spiro atoms. The molecular formula is C16H18N2O4. The zero-order chi connectivity index (χ0) is 15.9. The van der Waals surface area contributed by atoms with Crippen LogP contribution in [0.25, 0.3) is 0 Å². The Balaban J connectivity index is 2.07. The van der Waals surface area contributed by atoms with Crippen LogP contribution in [0.5, 0.6) is 5.75 Å². The predicted molar refractivity (Wildman–Crippen MR) is 82.8 cm³/mol. The van der Waals surface area contributed by atoms with Gasteiger partial charge in [0, 0.05) is 18.7 Å². The van der Waals surface area contributed by atoms with Crippen LogP contribution in [0, 0.1) is 10.1 Å². The molecule has 0 saturated carbocycles. The Morgan fingerprint density at radius 3 is 2.73 bits per heavy atom. The van der Waals surface area contributed by atoms with Crippen molar-refractivity contribution < 1.29 is 14.8 Å². The second-order valence-corrected chi connectivity index (χ2v) is 4.82. The highest BCUT2D eigenvalue weighted by atomic mass is 16.6. The van der Waals surface area contributed by atoms with Gasteiger partial charge in [0.15, 0.2) is 0 Å². The Morgan fingerprint density at radius 2 is 2.05 bits per heavy atom. The summed E-state index contributed by atoms with van der Waals surface area (Å²) in [6.45, 7) is 0.339. The monoisotopic (exact) mass is 302 g/mol. The Hall–Kier alpha value is -2.44. The fourth-order valence-electron chi connectivity index (χ4n) is 2.17. The first-order valence-corrected chi connectivity index (χ1v) is 6.85. The second kappa shape index (κ2) is 7.53. The number of rotatable bonds is 7. The first-order valence-electron chi connectivity index (χ1n) is 6.85. The molecule has 0 aliphatic heterocycles. The van der Waals surface area contributed by atoms with Gasteiger partial charge in [0.2, 0.25) is 0 Å². The number of aliphatic hydroxyl groups is 1. The molecule has 6 nitrogen and oxygen atoms in total. The van der Waals surface area contributed by atoms with E-state index in [1.807, 2.05) is 24.3 Å². The first-order chi connectivity index (χ1) is 10.6. The topological polar surface area (TPSA) is 84.6 Å². The van der Waals surface area contributed by atoms with Crippen LogP contribution in [0.4, 0.5) is 5.69 Å². The van der Waals surface area contributed by atoms with E-state index in [2.05, 4.69) is 5.32 Å². The smallest absolute Gasteiger partial charge is 0.269 e. The molecule has 0 saturated heterocycles. The molecule has 0 aromatic heterocycles. The van der Waals surface area contributed by atoms with Crippen molar-refractivity contribution in [3.8, 4) is 5.75 Å². The van der Waals surface area contributed by atoms with Gasteiger partial charge in [0.1, 0.15) is 5.75 Å². The van der Waals surface area contributed by atoms with Crippen molar-refractivity contribution in [1.29, 1.82) is 0 Å². The average Bonchev–Trinajstić information content (AvgIpc) is 2.56. The lowest BCUT2D eigenvalue weighted by atomic mass is 10.1. The maximum atomic E-state index is 10.8. The van der Waals surface area contributed by atoms with Crippen molar-refractivity contribution in [2.24, 2.45) is 0 Å². The molecule has 2 rings (SSSR count). The predicted octanol–water partition coefficient (Wildman–Crippen LogP) is 2.43. The van der Waals surface area contributed by atoms with Gasteiger partial charge in [-0.05, 0) is 23.3 Å². The quantitative estimate of drug-likeness (QED) is 0.606. The highest BCUT2D eigenvalue weighted by molar-refractivity contribution is 5.34. The van der Waals surface area contributed by atoms with Crippen LogP contribution in [-0.2, 0) is 6.54 Å². The molecule has 2 aromatic carbocycles. The van der Waals surface area contributed by atoms with Gasteiger partial charge in [0.25, 0.3) is 5.69 Å². The molecular weight excluding hydrogens is 284 g/mol. The van der Waals surface area contributed by atoms with Crippen molar-refractivity contribution in [2.45, 2.75) is 12.6 Å². The molecule has 0 aliphatic carbocycles. The number of nitrogens with one attached hydrogen (secondary N) is 1. The summed E-state index contributed by atoms with van der Waals surface area (Å²) in [6.07, 6.45) is 0. The van der Waals surface area contributed by atoms with Crippen molar-refractivity contribution in [1.82, 2.24) is 5.32 Å². The summed E-state index contributed by atoms with van der Waals surface area (Å²) in [6, 6.07) is 13.6. The Bertz CT molecular complexity index is 646. The largest absolute Gasteiger partial charge is 0.497 e. The number of nitrogens with zero attached hydrogens (tertiary/aromatic N) is 1. The van der Waals surface area contributed by atoms with Gasteiger partial charge in [-0.15, -0.1) is 0 Å². The van der Waals surface area contributed by atoms with Gasteiger partial charge in [-0.3, -0.25) is 10.1 Å². The molecule has 0 amide bonds. The van der Waals surface area contributed by atoms with Gasteiger partial charge in [-0.25, -0.2) is 0 Å². The van der Waals surface area contributed by atoms with E-state index in [1.54, 1.807) is 19.2 Å². The number of ether oxygens (including phenoxy) is 1. The maximum absolute atomic E-state index is 10.8. The highest BCUT2D eigenvalue weighted by Gasteiger charge is 2.12. The maximum Gasteiger partial charge on any atom is 0.269 e. The number of hydrogen-bond acceptors (Lipinski definition) is 5. The van der Waals surface area contributed by atoms with Crippen LogP contribution in [0.3, 0.4) is 0 Å². The lowest BCUT2D eigenvalue weighted by Gasteiger charge is -2.17. The summed E-state index contributed by atoms with van der Waals surface area (Å²) in [7, 11) is 1.59. The van der Waals surface area contributed by atoms with Gasteiger partial charge in [-0.2, -0.15) is 0 Å². The molecule has 116 valence electrons. The standard InChI is InChI=1S/C16H18N2O4/c1-22-15-7-3-5-13(9-15)16(11-19)17-10-12-4-2-6-14(8-12)18(20)21/h2-9,16-17,19H,10-11H2,1H3. The van der Waals surface area contributed by atoms with Crippen LogP contribution in [-0.4, -0.2) is 23.7 Å². The van der Waals surface area contributed by atoms with Crippen molar-refractivity contribution in [3.05, 3.63) is 69.8 Å². The van der Waals surface area contributed by atoms with Gasteiger partial charge < -0.3 is 15.2 Å². The summed E-state index contributed by atoms with van der Waals surface area (Å²) in [5, 5.41) is 23.5. The fourth-order valence-corrected chi connectivity index (χ4v) is 2.17. The van der Waals surface area contributed by atoms with E-state index in [9.17, 15) is 15.2 Å². The third-order valence-corrected chi connectivity index (χ3v) is 3.35. The molecule has 6 heteroatoms. The third-order valence-electron chi connectivity index (χ3n) is 3.35. The van der Waals surface area contributed by atoms with Crippen molar-refractivity contribution in [3.63, 3.8) is 0 Å². The average molecular weight is 302 g/mol. The first kappa shape index (κ1) is 15.9. The summed E-state index contributed by atoms with van der Waals surface area (Å²) in [5.41, 5.74) is 1.74. The molecule has 0 aliphatic rings.